The SMILES string of the molecule is [Br-].[Br-].[Br-].[Li+].[Pb+2]. The zero-order valence-electron chi connectivity index (χ0n) is 2.63. The standard InChI is InChI=1S/3BrH.Li.Pb/h3*1H;;/q;;;+1;+2/p-3. The number of rotatable bonds is 0. The molecule has 0 aliphatic carbocycles. The molecule has 0 saturated heterocycles. The van der Waals surface area contributed by atoms with Gasteiger partial charge in [-0.3, -0.25) is 0 Å². The van der Waals surface area contributed by atoms with E-state index in [0.29, 0.717) is 0 Å². The van der Waals surface area contributed by atoms with E-state index in [-0.39, 0.29) is 97.1 Å². The molecule has 0 aliphatic heterocycles. The van der Waals surface area contributed by atoms with Crippen molar-refractivity contribution in [3.8, 4) is 0 Å². The molecule has 0 saturated carbocycles. The van der Waals surface area contributed by atoms with Crippen molar-refractivity contribution in [1.29, 1.82) is 0 Å². The van der Waals surface area contributed by atoms with E-state index < -0.39 is 0 Å². The molecule has 0 N–H and O–H groups in total. The van der Waals surface area contributed by atoms with Gasteiger partial charge in [0.05, 0.1) is 0 Å². The maximum Gasteiger partial charge on any atom is 2.00 e. The third kappa shape index (κ3) is 19.5. The van der Waals surface area contributed by atoms with Crippen molar-refractivity contribution in [3.63, 3.8) is 0 Å². The molecule has 5 heteroatoms. The van der Waals surface area contributed by atoms with E-state index in [1.165, 1.54) is 0 Å². The zero-order valence-corrected chi connectivity index (χ0v) is 11.3. The fourth-order valence-corrected chi connectivity index (χ4v) is 0. The first kappa shape index (κ1) is 44.0. The first-order valence-corrected chi connectivity index (χ1v) is 0. The van der Waals surface area contributed by atoms with Crippen LogP contribution < -0.4 is 69.8 Å². The second-order valence-electron chi connectivity index (χ2n) is 0. The summed E-state index contributed by atoms with van der Waals surface area (Å²) >= 11 is 0. The van der Waals surface area contributed by atoms with Crippen molar-refractivity contribution < 1.29 is 69.8 Å². The molecular weight excluding hydrogens is 454 g/mol. The molecule has 0 rings (SSSR count). The van der Waals surface area contributed by atoms with Gasteiger partial charge in [-0.2, -0.15) is 0 Å². The Morgan fingerprint density at radius 2 is 0.600 bits per heavy atom. The monoisotopic (exact) mass is 452 g/mol. The maximum atomic E-state index is 0. The number of hydrogen-bond acceptors (Lipinski definition) is 0. The molecule has 0 aromatic heterocycles. The third-order valence-electron chi connectivity index (χ3n) is 0. The largest absolute Gasteiger partial charge is 2.00 e. The second kappa shape index (κ2) is 28.2. The Morgan fingerprint density at radius 3 is 0.600 bits per heavy atom. The minimum atomic E-state index is 0. The van der Waals surface area contributed by atoms with Gasteiger partial charge in [-0.05, 0) is 0 Å². The van der Waals surface area contributed by atoms with Crippen LogP contribution in [0.1, 0.15) is 0 Å². The first-order chi connectivity index (χ1) is 0. The molecule has 0 bridgehead atoms. The summed E-state index contributed by atoms with van der Waals surface area (Å²) in [5.74, 6) is 0. The predicted octanol–water partition coefficient (Wildman–Crippen LogP) is -12.4. The Kier molecular flexibility index (Phi) is 248. The van der Waals surface area contributed by atoms with Crippen molar-refractivity contribution in [3.05, 3.63) is 0 Å². The Morgan fingerprint density at radius 1 is 0.600 bits per heavy atom. The van der Waals surface area contributed by atoms with E-state index in [2.05, 4.69) is 0 Å². The topological polar surface area (TPSA) is 0 Å². The van der Waals surface area contributed by atoms with E-state index in [1.807, 2.05) is 0 Å². The summed E-state index contributed by atoms with van der Waals surface area (Å²) in [6.07, 6.45) is 0. The second-order valence-corrected chi connectivity index (χ2v) is 0. The van der Waals surface area contributed by atoms with Crippen LogP contribution in [0.3, 0.4) is 0 Å². The molecule has 0 atom stereocenters. The van der Waals surface area contributed by atoms with Crippen LogP contribution in [0, 0.1) is 0 Å². The van der Waals surface area contributed by atoms with Crippen molar-refractivity contribution in [1.82, 2.24) is 0 Å². The van der Waals surface area contributed by atoms with Crippen LogP contribution in [-0.2, 0) is 0 Å². The Labute approximate surface area is 95.5 Å². The predicted molar refractivity (Wildman–Crippen MR) is 5.75 cm³/mol. The molecular formula is Br3LiPb. The third-order valence-corrected chi connectivity index (χ3v) is 0. The molecule has 0 aromatic rings. The molecule has 26 valence electrons. The van der Waals surface area contributed by atoms with E-state index in [0.717, 1.165) is 0 Å². The molecule has 5 heavy (non-hydrogen) atoms. The van der Waals surface area contributed by atoms with E-state index in [1.54, 1.807) is 0 Å². The average molecular weight is 454 g/mol. The first-order valence-electron chi connectivity index (χ1n) is 0. The van der Waals surface area contributed by atoms with Crippen molar-refractivity contribution in [2.24, 2.45) is 0 Å². The normalized spacial score (nSPS) is 0. The van der Waals surface area contributed by atoms with Crippen LogP contribution in [0.4, 0.5) is 0 Å². The minimum absolute atomic E-state index is 0. The molecule has 0 nitrogen and oxygen atoms in total. The molecule has 0 spiro atoms. The van der Waals surface area contributed by atoms with Crippen molar-refractivity contribution in [2.75, 3.05) is 0 Å². The van der Waals surface area contributed by atoms with E-state index >= 15 is 0 Å². The minimum Gasteiger partial charge on any atom is -1.00 e. The molecule has 0 amide bonds. The van der Waals surface area contributed by atoms with Crippen LogP contribution in [0.15, 0.2) is 0 Å². The molecule has 2 radical (unpaired) electrons. The molecule has 0 aromatic carbocycles. The van der Waals surface area contributed by atoms with Crippen LogP contribution in [-0.4, -0.2) is 27.3 Å². The van der Waals surface area contributed by atoms with E-state index in [4.69, 9.17) is 0 Å². The average Bonchev–Trinajstić information content (AvgIpc) is 0. The van der Waals surface area contributed by atoms with Crippen LogP contribution in [0.2, 0.25) is 0 Å². The van der Waals surface area contributed by atoms with Gasteiger partial charge in [-0.1, -0.05) is 0 Å². The Hall–Kier alpha value is 2.96. The summed E-state index contributed by atoms with van der Waals surface area (Å²) in [7, 11) is 0. The van der Waals surface area contributed by atoms with E-state index in [9.17, 15) is 0 Å². The summed E-state index contributed by atoms with van der Waals surface area (Å²) in [5.41, 5.74) is 0. The summed E-state index contributed by atoms with van der Waals surface area (Å²) < 4.78 is 0. The van der Waals surface area contributed by atoms with Gasteiger partial charge in [0, 0.05) is 0 Å². The summed E-state index contributed by atoms with van der Waals surface area (Å²) in [6, 6.07) is 0. The van der Waals surface area contributed by atoms with Gasteiger partial charge in [0.1, 0.15) is 0 Å². The summed E-state index contributed by atoms with van der Waals surface area (Å²) in [5, 5.41) is 0. The number of halogens is 3. The fraction of sp³-hybridized carbons (Fsp3) is 0. The molecule has 0 unspecified atom stereocenters. The van der Waals surface area contributed by atoms with Gasteiger partial charge < -0.3 is 50.9 Å². The van der Waals surface area contributed by atoms with Crippen molar-refractivity contribution in [2.45, 2.75) is 0 Å². The molecule has 0 aliphatic rings. The molecule has 0 fully saturated rings. The Bertz CT molecular complexity index is 6.85. The fourth-order valence-electron chi connectivity index (χ4n) is 0. The van der Waals surface area contributed by atoms with Gasteiger partial charge in [0.25, 0.3) is 0 Å². The van der Waals surface area contributed by atoms with Gasteiger partial charge in [0.15, 0.2) is 0 Å². The van der Waals surface area contributed by atoms with Crippen LogP contribution in [0.25, 0.3) is 0 Å². The van der Waals surface area contributed by atoms with Gasteiger partial charge in [-0.25, -0.2) is 0 Å². The zero-order chi connectivity index (χ0) is 0. The smallest absolute Gasteiger partial charge is 1.00 e. The van der Waals surface area contributed by atoms with Crippen LogP contribution in [0.5, 0.6) is 0 Å². The van der Waals surface area contributed by atoms with Crippen molar-refractivity contribution >= 4 is 27.3 Å². The van der Waals surface area contributed by atoms with Crippen LogP contribution >= 0.6 is 0 Å². The quantitative estimate of drug-likeness (QED) is 0.320. The van der Waals surface area contributed by atoms with Gasteiger partial charge >= 0.3 is 46.2 Å². The van der Waals surface area contributed by atoms with Gasteiger partial charge in [-0.15, -0.1) is 0 Å². The summed E-state index contributed by atoms with van der Waals surface area (Å²) in [6.45, 7) is 0. The Balaban J connectivity index is 0. The van der Waals surface area contributed by atoms with Gasteiger partial charge in [0.2, 0.25) is 0 Å². The maximum absolute atomic E-state index is 0. The molecule has 0 heterocycles. The summed E-state index contributed by atoms with van der Waals surface area (Å²) in [4.78, 5) is 0. The number of hydrogen-bond donors (Lipinski definition) is 0.